The summed E-state index contributed by atoms with van der Waals surface area (Å²) < 4.78 is 0. The molecule has 4 N–H and O–H groups in total. The van der Waals surface area contributed by atoms with Gasteiger partial charge in [0, 0.05) is 0 Å². The molecular formula is C7H17N3. The molecule has 10 heavy (non-hydrogen) atoms. The van der Waals surface area contributed by atoms with Crippen molar-refractivity contribution in [1.29, 1.82) is 0 Å². The number of rotatable bonds is 1. The van der Waals surface area contributed by atoms with E-state index in [9.17, 15) is 0 Å². The summed E-state index contributed by atoms with van der Waals surface area (Å²) in [5, 5.41) is 0. The van der Waals surface area contributed by atoms with Gasteiger partial charge in [0.05, 0.1) is 6.04 Å². The van der Waals surface area contributed by atoms with Gasteiger partial charge in [-0.1, -0.05) is 20.8 Å². The van der Waals surface area contributed by atoms with Crippen LogP contribution in [0.5, 0.6) is 0 Å². The van der Waals surface area contributed by atoms with E-state index in [1.165, 1.54) is 0 Å². The van der Waals surface area contributed by atoms with Crippen LogP contribution in [-0.2, 0) is 0 Å². The molecule has 0 aromatic carbocycles. The van der Waals surface area contributed by atoms with Crippen LogP contribution in [0.2, 0.25) is 0 Å². The number of aliphatic imine (C=N–C) groups is 1. The fourth-order valence-corrected chi connectivity index (χ4v) is 0.417. The van der Waals surface area contributed by atoms with Crippen LogP contribution < -0.4 is 11.5 Å². The molecular weight excluding hydrogens is 126 g/mol. The number of nitrogens with two attached hydrogens (primary N) is 2. The summed E-state index contributed by atoms with van der Waals surface area (Å²) >= 11 is 0. The fourth-order valence-electron chi connectivity index (χ4n) is 0.417. The Kier molecular flexibility index (Phi) is 2.69. The van der Waals surface area contributed by atoms with E-state index in [0.29, 0.717) is 0 Å². The second kappa shape index (κ2) is 2.90. The van der Waals surface area contributed by atoms with E-state index in [1.807, 2.05) is 6.92 Å². The standard InChI is InChI=1S/C7H17N3/c1-5(7(2,3)4)10-6(8)9/h5H,1-4H3,(H4,8,9,10). The molecule has 0 saturated heterocycles. The van der Waals surface area contributed by atoms with Gasteiger partial charge in [-0.05, 0) is 12.3 Å². The van der Waals surface area contributed by atoms with Crippen molar-refractivity contribution in [2.75, 3.05) is 0 Å². The Bertz CT molecular complexity index is 128. The van der Waals surface area contributed by atoms with E-state index in [-0.39, 0.29) is 17.4 Å². The highest BCUT2D eigenvalue weighted by Gasteiger charge is 2.18. The third kappa shape index (κ3) is 3.33. The largest absolute Gasteiger partial charge is 0.370 e. The van der Waals surface area contributed by atoms with E-state index in [2.05, 4.69) is 25.8 Å². The van der Waals surface area contributed by atoms with Gasteiger partial charge < -0.3 is 11.5 Å². The Morgan fingerprint density at radius 1 is 1.30 bits per heavy atom. The summed E-state index contributed by atoms with van der Waals surface area (Å²) in [5.74, 6) is 0.169. The maximum absolute atomic E-state index is 5.22. The van der Waals surface area contributed by atoms with E-state index >= 15 is 0 Å². The summed E-state index contributed by atoms with van der Waals surface area (Å²) in [6.45, 7) is 8.30. The highest BCUT2D eigenvalue weighted by molar-refractivity contribution is 5.75. The Morgan fingerprint density at radius 2 is 1.70 bits per heavy atom. The van der Waals surface area contributed by atoms with Crippen molar-refractivity contribution in [3.8, 4) is 0 Å². The quantitative estimate of drug-likeness (QED) is 0.419. The zero-order valence-electron chi connectivity index (χ0n) is 7.18. The molecule has 0 radical (unpaired) electrons. The van der Waals surface area contributed by atoms with Crippen LogP contribution in [-0.4, -0.2) is 12.0 Å². The normalized spacial score (nSPS) is 14.4. The van der Waals surface area contributed by atoms with Crippen LogP contribution in [0.1, 0.15) is 27.7 Å². The molecule has 0 saturated carbocycles. The fraction of sp³-hybridized carbons (Fsp3) is 0.857. The lowest BCUT2D eigenvalue weighted by Gasteiger charge is -2.23. The SMILES string of the molecule is CC(N=C(N)N)C(C)(C)C. The molecule has 3 heteroatoms. The molecule has 0 heterocycles. The summed E-state index contributed by atoms with van der Waals surface area (Å²) in [4.78, 5) is 4.02. The van der Waals surface area contributed by atoms with Crippen LogP contribution in [0, 0.1) is 5.41 Å². The highest BCUT2D eigenvalue weighted by Crippen LogP contribution is 2.20. The van der Waals surface area contributed by atoms with Gasteiger partial charge in [0.25, 0.3) is 0 Å². The van der Waals surface area contributed by atoms with Gasteiger partial charge in [-0.25, -0.2) is 0 Å². The first-order valence-electron chi connectivity index (χ1n) is 3.43. The van der Waals surface area contributed by atoms with Crippen LogP contribution in [0.3, 0.4) is 0 Å². The summed E-state index contributed by atoms with van der Waals surface area (Å²) in [5.41, 5.74) is 10.6. The molecule has 1 unspecified atom stereocenters. The van der Waals surface area contributed by atoms with Gasteiger partial charge in [0.2, 0.25) is 0 Å². The lowest BCUT2D eigenvalue weighted by molar-refractivity contribution is 0.341. The van der Waals surface area contributed by atoms with Crippen LogP contribution in [0.25, 0.3) is 0 Å². The number of guanidine groups is 1. The first kappa shape index (κ1) is 9.27. The van der Waals surface area contributed by atoms with Gasteiger partial charge in [0.1, 0.15) is 0 Å². The Balaban J connectivity index is 4.11. The van der Waals surface area contributed by atoms with Crippen LogP contribution >= 0.6 is 0 Å². The second-order valence-corrected chi connectivity index (χ2v) is 3.60. The maximum atomic E-state index is 5.22. The zero-order chi connectivity index (χ0) is 8.36. The molecule has 0 aromatic rings. The topological polar surface area (TPSA) is 64.4 Å². The van der Waals surface area contributed by atoms with Crippen molar-refractivity contribution in [2.24, 2.45) is 21.9 Å². The molecule has 0 rings (SSSR count). The molecule has 0 aromatic heterocycles. The van der Waals surface area contributed by atoms with Gasteiger partial charge in [-0.2, -0.15) is 0 Å². The maximum Gasteiger partial charge on any atom is 0.186 e. The van der Waals surface area contributed by atoms with Gasteiger partial charge in [-0.15, -0.1) is 0 Å². The lowest BCUT2D eigenvalue weighted by atomic mass is 9.89. The van der Waals surface area contributed by atoms with Crippen LogP contribution in [0.4, 0.5) is 0 Å². The van der Waals surface area contributed by atoms with Gasteiger partial charge >= 0.3 is 0 Å². The first-order chi connectivity index (χ1) is 4.34. The molecule has 60 valence electrons. The van der Waals surface area contributed by atoms with Crippen molar-refractivity contribution in [2.45, 2.75) is 33.7 Å². The summed E-state index contributed by atoms with van der Waals surface area (Å²) in [6, 6.07) is 0.178. The van der Waals surface area contributed by atoms with Crippen LogP contribution in [0.15, 0.2) is 4.99 Å². The third-order valence-electron chi connectivity index (χ3n) is 1.60. The minimum absolute atomic E-state index is 0.143. The number of hydrogen-bond acceptors (Lipinski definition) is 1. The molecule has 0 aliphatic carbocycles. The zero-order valence-corrected chi connectivity index (χ0v) is 7.18. The molecule has 0 aliphatic heterocycles. The predicted molar refractivity (Wildman–Crippen MR) is 44.7 cm³/mol. The molecule has 0 fully saturated rings. The smallest absolute Gasteiger partial charge is 0.186 e. The Labute approximate surface area is 62.5 Å². The molecule has 0 aliphatic rings. The van der Waals surface area contributed by atoms with E-state index < -0.39 is 0 Å². The number of nitrogens with zero attached hydrogens (tertiary/aromatic N) is 1. The minimum Gasteiger partial charge on any atom is -0.370 e. The Morgan fingerprint density at radius 3 is 1.80 bits per heavy atom. The van der Waals surface area contributed by atoms with Crippen molar-refractivity contribution in [3.05, 3.63) is 0 Å². The summed E-state index contributed by atoms with van der Waals surface area (Å²) in [6.07, 6.45) is 0. The van der Waals surface area contributed by atoms with Crippen molar-refractivity contribution in [3.63, 3.8) is 0 Å². The average Bonchev–Trinajstić information content (AvgIpc) is 1.60. The van der Waals surface area contributed by atoms with Gasteiger partial charge in [-0.3, -0.25) is 4.99 Å². The monoisotopic (exact) mass is 143 g/mol. The second-order valence-electron chi connectivity index (χ2n) is 3.60. The van der Waals surface area contributed by atoms with E-state index in [1.54, 1.807) is 0 Å². The Hall–Kier alpha value is -0.730. The molecule has 0 spiro atoms. The first-order valence-corrected chi connectivity index (χ1v) is 3.43. The van der Waals surface area contributed by atoms with Gasteiger partial charge in [0.15, 0.2) is 5.96 Å². The van der Waals surface area contributed by atoms with E-state index in [0.717, 1.165) is 0 Å². The minimum atomic E-state index is 0.143. The lowest BCUT2D eigenvalue weighted by Crippen LogP contribution is -2.29. The molecule has 3 nitrogen and oxygen atoms in total. The average molecular weight is 143 g/mol. The summed E-state index contributed by atoms with van der Waals surface area (Å²) in [7, 11) is 0. The predicted octanol–water partition coefficient (Wildman–Crippen LogP) is 0.694. The number of hydrogen-bond donors (Lipinski definition) is 2. The van der Waals surface area contributed by atoms with Crippen molar-refractivity contribution >= 4 is 5.96 Å². The van der Waals surface area contributed by atoms with Crippen molar-refractivity contribution < 1.29 is 0 Å². The molecule has 1 atom stereocenters. The van der Waals surface area contributed by atoms with Crippen molar-refractivity contribution in [1.82, 2.24) is 0 Å². The third-order valence-corrected chi connectivity index (χ3v) is 1.60. The molecule has 0 amide bonds. The van der Waals surface area contributed by atoms with E-state index in [4.69, 9.17) is 11.5 Å². The molecule has 0 bridgehead atoms. The highest BCUT2D eigenvalue weighted by atomic mass is 15.0.